The van der Waals surface area contributed by atoms with Crippen LogP contribution >= 0.6 is 23.4 Å². The lowest BCUT2D eigenvalue weighted by Crippen LogP contribution is -2.28. The fourth-order valence-electron chi connectivity index (χ4n) is 2.64. The Kier molecular flexibility index (Phi) is 7.48. The van der Waals surface area contributed by atoms with Crippen LogP contribution in [-0.2, 0) is 9.59 Å². The average Bonchev–Trinajstić information content (AvgIpc) is 3.07. The lowest BCUT2D eigenvalue weighted by atomic mass is 10.1. The molecule has 0 aliphatic carbocycles. The van der Waals surface area contributed by atoms with Gasteiger partial charge in [0, 0.05) is 17.1 Å². The number of benzene rings is 2. The number of ether oxygens (including phenoxy) is 1. The maximum Gasteiger partial charge on any atom is 0.240 e. The van der Waals surface area contributed by atoms with Crippen molar-refractivity contribution in [1.82, 2.24) is 5.32 Å². The summed E-state index contributed by atoms with van der Waals surface area (Å²) in [5.41, 5.74) is 2.21. The van der Waals surface area contributed by atoms with Crippen molar-refractivity contribution >= 4 is 51.7 Å². The van der Waals surface area contributed by atoms with Crippen molar-refractivity contribution in [3.05, 3.63) is 59.1 Å². The second kappa shape index (κ2) is 10.3. The smallest absolute Gasteiger partial charge is 0.240 e. The highest BCUT2D eigenvalue weighted by atomic mass is 35.5. The van der Waals surface area contributed by atoms with Crippen LogP contribution in [0.25, 0.3) is 0 Å². The molecule has 2 aromatic carbocycles. The SMILES string of the molecule is CCOc1ccc(NC(=O)CC2S/C(=N/N=C(\C)c3ccc(Cl)cc3)NC2=O)cc1. The van der Waals surface area contributed by atoms with Gasteiger partial charge in [-0.1, -0.05) is 35.5 Å². The monoisotopic (exact) mass is 444 g/mol. The molecule has 156 valence electrons. The van der Waals surface area contributed by atoms with Crippen LogP contribution < -0.4 is 15.4 Å². The normalized spacial score (nSPS) is 17.7. The van der Waals surface area contributed by atoms with Crippen LogP contribution in [0.5, 0.6) is 5.75 Å². The molecule has 2 aromatic rings. The summed E-state index contributed by atoms with van der Waals surface area (Å²) in [6.07, 6.45) is 0.0304. The van der Waals surface area contributed by atoms with E-state index in [1.54, 1.807) is 36.4 Å². The van der Waals surface area contributed by atoms with Gasteiger partial charge in [0.1, 0.15) is 11.0 Å². The number of hydrogen-bond donors (Lipinski definition) is 2. The van der Waals surface area contributed by atoms with Crippen molar-refractivity contribution < 1.29 is 14.3 Å². The molecule has 1 saturated heterocycles. The van der Waals surface area contributed by atoms with Crippen molar-refractivity contribution in [2.75, 3.05) is 11.9 Å². The molecular weight excluding hydrogens is 424 g/mol. The third-order valence-electron chi connectivity index (χ3n) is 4.15. The third-order valence-corrected chi connectivity index (χ3v) is 5.47. The first kappa shape index (κ1) is 21.9. The van der Waals surface area contributed by atoms with Crippen molar-refractivity contribution in [3.63, 3.8) is 0 Å². The molecule has 2 amide bonds. The second-order valence-corrected chi connectivity index (χ2v) is 8.03. The summed E-state index contributed by atoms with van der Waals surface area (Å²) in [5, 5.41) is 14.2. The first-order valence-corrected chi connectivity index (χ1v) is 10.6. The molecule has 0 saturated carbocycles. The number of carbonyl (C=O) groups excluding carboxylic acids is 2. The van der Waals surface area contributed by atoms with E-state index in [1.807, 2.05) is 26.0 Å². The maximum atomic E-state index is 12.3. The Morgan fingerprint density at radius 1 is 1.20 bits per heavy atom. The molecule has 7 nitrogen and oxygen atoms in total. The third kappa shape index (κ3) is 6.08. The summed E-state index contributed by atoms with van der Waals surface area (Å²) in [4.78, 5) is 24.5. The highest BCUT2D eigenvalue weighted by Crippen LogP contribution is 2.24. The summed E-state index contributed by atoms with van der Waals surface area (Å²) in [5.74, 6) is 0.213. The van der Waals surface area contributed by atoms with Crippen LogP contribution in [0.15, 0.2) is 58.7 Å². The molecule has 1 unspecified atom stereocenters. The predicted molar refractivity (Wildman–Crippen MR) is 121 cm³/mol. The summed E-state index contributed by atoms with van der Waals surface area (Å²) >= 11 is 7.07. The zero-order chi connectivity index (χ0) is 21.5. The Morgan fingerprint density at radius 3 is 2.57 bits per heavy atom. The zero-order valence-corrected chi connectivity index (χ0v) is 18.1. The largest absolute Gasteiger partial charge is 0.494 e. The number of nitrogens with one attached hydrogen (secondary N) is 2. The number of hydrogen-bond acceptors (Lipinski definition) is 6. The van der Waals surface area contributed by atoms with Gasteiger partial charge >= 0.3 is 0 Å². The molecule has 30 heavy (non-hydrogen) atoms. The van der Waals surface area contributed by atoms with Gasteiger partial charge < -0.3 is 15.4 Å². The number of carbonyl (C=O) groups is 2. The van der Waals surface area contributed by atoms with E-state index >= 15 is 0 Å². The first-order valence-electron chi connectivity index (χ1n) is 9.33. The van der Waals surface area contributed by atoms with Gasteiger partial charge in [-0.05, 0) is 55.8 Å². The predicted octanol–water partition coefficient (Wildman–Crippen LogP) is 4.08. The average molecular weight is 445 g/mol. The Morgan fingerprint density at radius 2 is 1.90 bits per heavy atom. The van der Waals surface area contributed by atoms with Gasteiger partial charge in [-0.25, -0.2) is 0 Å². The van der Waals surface area contributed by atoms with Gasteiger partial charge in [-0.15, -0.1) is 5.10 Å². The molecule has 0 radical (unpaired) electrons. The summed E-state index contributed by atoms with van der Waals surface area (Å²) in [6, 6.07) is 14.3. The minimum Gasteiger partial charge on any atom is -0.494 e. The molecule has 2 N–H and O–H groups in total. The number of halogens is 1. The van der Waals surface area contributed by atoms with E-state index in [4.69, 9.17) is 16.3 Å². The van der Waals surface area contributed by atoms with Crippen molar-refractivity contribution in [1.29, 1.82) is 0 Å². The molecule has 3 rings (SSSR count). The highest BCUT2D eigenvalue weighted by molar-refractivity contribution is 8.15. The van der Waals surface area contributed by atoms with Crippen LogP contribution in [0.1, 0.15) is 25.8 Å². The van der Waals surface area contributed by atoms with Crippen LogP contribution in [0.2, 0.25) is 5.02 Å². The van der Waals surface area contributed by atoms with Crippen molar-refractivity contribution in [3.8, 4) is 5.75 Å². The van der Waals surface area contributed by atoms with Crippen LogP contribution in [0, 0.1) is 0 Å². The van der Waals surface area contributed by atoms with Crippen LogP contribution in [0.3, 0.4) is 0 Å². The molecule has 0 aromatic heterocycles. The lowest BCUT2D eigenvalue weighted by Gasteiger charge is -2.08. The summed E-state index contributed by atoms with van der Waals surface area (Å²) < 4.78 is 5.37. The fourth-order valence-corrected chi connectivity index (χ4v) is 3.68. The minimum atomic E-state index is -0.558. The van der Waals surface area contributed by atoms with Gasteiger partial charge in [0.05, 0.1) is 12.3 Å². The second-order valence-electron chi connectivity index (χ2n) is 6.40. The molecule has 9 heteroatoms. The Hall–Kier alpha value is -2.84. The van der Waals surface area contributed by atoms with Crippen molar-refractivity contribution in [2.45, 2.75) is 25.5 Å². The van der Waals surface area contributed by atoms with E-state index in [-0.39, 0.29) is 18.2 Å². The maximum absolute atomic E-state index is 12.3. The van der Waals surface area contributed by atoms with Crippen molar-refractivity contribution in [2.24, 2.45) is 10.2 Å². The van der Waals surface area contributed by atoms with E-state index in [0.29, 0.717) is 28.2 Å². The molecule has 1 heterocycles. The Balaban J connectivity index is 1.55. The molecule has 1 atom stereocenters. The van der Waals surface area contributed by atoms with Gasteiger partial charge in [0.15, 0.2) is 5.17 Å². The van der Waals surface area contributed by atoms with Crippen LogP contribution in [0.4, 0.5) is 5.69 Å². The number of amides is 2. The number of rotatable bonds is 7. The van der Waals surface area contributed by atoms with Gasteiger partial charge in [-0.2, -0.15) is 5.10 Å². The highest BCUT2D eigenvalue weighted by Gasteiger charge is 2.32. The summed E-state index contributed by atoms with van der Waals surface area (Å²) in [6.45, 7) is 4.30. The molecule has 0 spiro atoms. The first-order chi connectivity index (χ1) is 14.4. The number of nitrogens with zero attached hydrogens (tertiary/aromatic N) is 2. The van der Waals surface area contributed by atoms with E-state index < -0.39 is 5.25 Å². The fraction of sp³-hybridized carbons (Fsp3) is 0.238. The Labute approximate surface area is 183 Å². The van der Waals surface area contributed by atoms with E-state index in [0.717, 1.165) is 11.3 Å². The number of thioether (sulfide) groups is 1. The number of amidine groups is 1. The van der Waals surface area contributed by atoms with Crippen LogP contribution in [-0.4, -0.2) is 34.6 Å². The molecule has 0 bridgehead atoms. The summed E-state index contributed by atoms with van der Waals surface area (Å²) in [7, 11) is 0. The molecular formula is C21H21ClN4O3S. The molecule has 1 aliphatic heterocycles. The minimum absolute atomic E-state index is 0.0304. The topological polar surface area (TPSA) is 92.2 Å². The van der Waals surface area contributed by atoms with E-state index in [1.165, 1.54) is 11.8 Å². The standard InChI is InChI=1S/C21H21ClN4O3S/c1-3-29-17-10-8-16(9-11-17)23-19(27)12-18-20(28)24-21(30-18)26-25-13(2)14-4-6-15(22)7-5-14/h4-11,18H,3,12H2,1-2H3,(H,23,27)(H,24,26,28)/b25-13+. The van der Waals surface area contributed by atoms with Gasteiger partial charge in [0.25, 0.3) is 0 Å². The van der Waals surface area contributed by atoms with E-state index in [9.17, 15) is 9.59 Å². The van der Waals surface area contributed by atoms with Gasteiger partial charge in [-0.3, -0.25) is 9.59 Å². The molecule has 1 aliphatic rings. The lowest BCUT2D eigenvalue weighted by molar-refractivity contribution is -0.122. The zero-order valence-electron chi connectivity index (χ0n) is 16.5. The number of anilines is 1. The van der Waals surface area contributed by atoms with E-state index in [2.05, 4.69) is 20.8 Å². The Bertz CT molecular complexity index is 975. The molecule has 1 fully saturated rings. The quantitative estimate of drug-likeness (QED) is 0.497. The van der Waals surface area contributed by atoms with Gasteiger partial charge in [0.2, 0.25) is 11.8 Å².